The normalized spacial score (nSPS) is 60.9. The number of alkyl halides is 1. The molecule has 0 bridgehead atoms. The van der Waals surface area contributed by atoms with Crippen LogP contribution >= 0.6 is 15.9 Å². The van der Waals surface area contributed by atoms with Crippen molar-refractivity contribution in [3.05, 3.63) is 0 Å². The van der Waals surface area contributed by atoms with E-state index < -0.39 is 0 Å². The predicted molar refractivity (Wildman–Crippen MR) is 125 cm³/mol. The van der Waals surface area contributed by atoms with E-state index in [9.17, 15) is 4.79 Å². The lowest BCUT2D eigenvalue weighted by Crippen LogP contribution is -2.57. The van der Waals surface area contributed by atoms with E-state index in [0.29, 0.717) is 51.7 Å². The molecule has 4 aliphatic carbocycles. The summed E-state index contributed by atoms with van der Waals surface area (Å²) in [5.41, 5.74) is 0.525. The highest BCUT2D eigenvalue weighted by molar-refractivity contribution is 9.09. The quantitative estimate of drug-likeness (QED) is 0.368. The largest absolute Gasteiger partial charge is 0.349 e. The molecule has 0 amide bonds. The van der Waals surface area contributed by atoms with Gasteiger partial charge in [0.05, 0.1) is 12.7 Å². The van der Waals surface area contributed by atoms with Gasteiger partial charge in [0.25, 0.3) is 0 Å². The number of rotatable bonds is 0. The Morgan fingerprint density at radius 1 is 0.968 bits per heavy atom. The molecule has 31 heavy (non-hydrogen) atoms. The van der Waals surface area contributed by atoms with Gasteiger partial charge >= 0.3 is 0 Å². The molecule has 2 aliphatic heterocycles. The van der Waals surface area contributed by atoms with Gasteiger partial charge in [-0.3, -0.25) is 4.79 Å². The Balaban J connectivity index is 1.28. The molecule has 3 nitrogen and oxygen atoms in total. The molecule has 0 aromatic carbocycles. The summed E-state index contributed by atoms with van der Waals surface area (Å²) in [7, 11) is 0. The number of carbonyl (C=O) groups excluding carboxylic acids is 1. The maximum atomic E-state index is 13.4. The number of carbonyl (C=O) groups is 1. The third-order valence-electron chi connectivity index (χ3n) is 11.7. The molecular formula is C27H41BrO3. The molecule has 2 heterocycles. The van der Waals surface area contributed by atoms with E-state index in [2.05, 4.69) is 43.6 Å². The van der Waals surface area contributed by atoms with Crippen molar-refractivity contribution in [2.75, 3.05) is 6.61 Å². The van der Waals surface area contributed by atoms with Crippen LogP contribution in [0.2, 0.25) is 0 Å². The number of ether oxygens (including phenoxy) is 2. The van der Waals surface area contributed by atoms with Crippen LogP contribution in [0.15, 0.2) is 0 Å². The minimum atomic E-state index is -0.333. The van der Waals surface area contributed by atoms with Gasteiger partial charge in [-0.1, -0.05) is 43.6 Å². The van der Waals surface area contributed by atoms with Crippen molar-refractivity contribution < 1.29 is 14.3 Å². The third-order valence-corrected chi connectivity index (χ3v) is 12.5. The fourth-order valence-corrected chi connectivity index (χ4v) is 10.6. The smallest absolute Gasteiger partial charge is 0.171 e. The van der Waals surface area contributed by atoms with Gasteiger partial charge < -0.3 is 9.47 Å². The molecule has 12 atom stereocenters. The Kier molecular flexibility index (Phi) is 4.91. The number of hydrogen-bond acceptors (Lipinski definition) is 3. The lowest BCUT2D eigenvalue weighted by atomic mass is 9.44. The highest BCUT2D eigenvalue weighted by Gasteiger charge is 2.69. The maximum Gasteiger partial charge on any atom is 0.171 e. The molecule has 6 rings (SSSR count). The van der Waals surface area contributed by atoms with Gasteiger partial charge in [0.1, 0.15) is 5.78 Å². The second-order valence-electron chi connectivity index (χ2n) is 13.0. The van der Waals surface area contributed by atoms with Crippen molar-refractivity contribution in [2.24, 2.45) is 52.3 Å². The van der Waals surface area contributed by atoms with Crippen LogP contribution in [0.4, 0.5) is 0 Å². The molecular weight excluding hydrogens is 452 g/mol. The van der Waals surface area contributed by atoms with Gasteiger partial charge in [-0.05, 0) is 85.4 Å². The van der Waals surface area contributed by atoms with Gasteiger partial charge in [0.2, 0.25) is 0 Å². The molecule has 4 heteroatoms. The summed E-state index contributed by atoms with van der Waals surface area (Å²) in [5.74, 6) is 4.17. The number of Topliss-reactive ketones (excluding diaryl/α,β-unsaturated/α-hetero) is 1. The highest BCUT2D eigenvalue weighted by Crippen LogP contribution is 2.71. The van der Waals surface area contributed by atoms with E-state index in [1.807, 2.05) is 0 Å². The van der Waals surface area contributed by atoms with Crippen LogP contribution < -0.4 is 0 Å². The van der Waals surface area contributed by atoms with Gasteiger partial charge in [-0.25, -0.2) is 0 Å². The minimum absolute atomic E-state index is 0.222. The van der Waals surface area contributed by atoms with Crippen LogP contribution in [0, 0.1) is 52.3 Å². The van der Waals surface area contributed by atoms with Crippen LogP contribution in [0.1, 0.15) is 85.5 Å². The Morgan fingerprint density at radius 3 is 2.48 bits per heavy atom. The van der Waals surface area contributed by atoms with Gasteiger partial charge in [-0.15, -0.1) is 0 Å². The van der Waals surface area contributed by atoms with Crippen LogP contribution in [-0.2, 0) is 14.3 Å². The lowest BCUT2D eigenvalue weighted by molar-refractivity contribution is -0.273. The first-order chi connectivity index (χ1) is 14.7. The molecule has 1 spiro atoms. The Labute approximate surface area is 196 Å². The topological polar surface area (TPSA) is 35.5 Å². The summed E-state index contributed by atoms with van der Waals surface area (Å²) < 4.78 is 13.3. The summed E-state index contributed by atoms with van der Waals surface area (Å²) in [5, 5.41) is 0. The zero-order valence-electron chi connectivity index (χ0n) is 19.9. The molecule has 4 saturated carbocycles. The predicted octanol–water partition coefficient (Wildman–Crippen LogP) is 6.38. The third kappa shape index (κ3) is 2.86. The van der Waals surface area contributed by atoms with E-state index in [0.717, 1.165) is 38.2 Å². The summed E-state index contributed by atoms with van der Waals surface area (Å²) in [4.78, 5) is 14.0. The van der Waals surface area contributed by atoms with Crippen molar-refractivity contribution in [3.63, 3.8) is 0 Å². The number of hydrogen-bond donors (Lipinski definition) is 0. The fourth-order valence-electron chi connectivity index (χ4n) is 10.0. The van der Waals surface area contributed by atoms with E-state index in [1.54, 1.807) is 0 Å². The number of ketones is 1. The van der Waals surface area contributed by atoms with E-state index in [1.165, 1.54) is 32.1 Å². The average Bonchev–Trinajstić information content (AvgIpc) is 3.17. The van der Waals surface area contributed by atoms with Gasteiger partial charge in [-0.2, -0.15) is 0 Å². The second kappa shape index (κ2) is 7.04. The Morgan fingerprint density at radius 2 is 1.74 bits per heavy atom. The minimum Gasteiger partial charge on any atom is -0.349 e. The molecule has 0 aromatic rings. The summed E-state index contributed by atoms with van der Waals surface area (Å²) in [6.45, 7) is 10.6. The van der Waals surface area contributed by atoms with Crippen LogP contribution in [0.3, 0.4) is 0 Å². The first kappa shape index (κ1) is 21.6. The average molecular weight is 494 g/mol. The van der Waals surface area contributed by atoms with Crippen molar-refractivity contribution in [3.8, 4) is 0 Å². The van der Waals surface area contributed by atoms with Crippen molar-refractivity contribution in [1.29, 1.82) is 0 Å². The molecule has 6 aliphatic rings. The first-order valence-electron chi connectivity index (χ1n) is 13.2. The summed E-state index contributed by atoms with van der Waals surface area (Å²) in [6.07, 6.45) is 10.7. The Bertz CT molecular complexity index is 760. The fraction of sp³-hybridized carbons (Fsp3) is 0.963. The number of halogens is 1. The van der Waals surface area contributed by atoms with E-state index in [4.69, 9.17) is 9.47 Å². The van der Waals surface area contributed by atoms with Crippen molar-refractivity contribution >= 4 is 21.7 Å². The molecule has 0 aromatic heterocycles. The second-order valence-corrected chi connectivity index (χ2v) is 14.3. The summed E-state index contributed by atoms with van der Waals surface area (Å²) in [6, 6.07) is 0. The SMILES string of the molecule is C[C@@H]1CC[C@@]2(OC1)O[C@H]1C[C@H]3[C@@H]4CC(=O)[C@H]5C[C@@H](Br)CC[C@]5(C)[C@H]4CC[C@]3(C)[C@H]1[C@@H]2C. The lowest BCUT2D eigenvalue weighted by Gasteiger charge is -2.60. The van der Waals surface area contributed by atoms with Gasteiger partial charge in [0, 0.05) is 29.5 Å². The van der Waals surface area contributed by atoms with Crippen LogP contribution in [-0.4, -0.2) is 29.1 Å². The molecule has 0 unspecified atom stereocenters. The van der Waals surface area contributed by atoms with Crippen molar-refractivity contribution in [2.45, 2.75) is 102 Å². The molecule has 0 N–H and O–H groups in total. The Hall–Kier alpha value is 0.0700. The van der Waals surface area contributed by atoms with E-state index in [-0.39, 0.29) is 17.1 Å². The van der Waals surface area contributed by atoms with E-state index >= 15 is 0 Å². The molecule has 174 valence electrons. The first-order valence-corrected chi connectivity index (χ1v) is 14.1. The van der Waals surface area contributed by atoms with Gasteiger partial charge in [0.15, 0.2) is 5.79 Å². The van der Waals surface area contributed by atoms with Crippen LogP contribution in [0.25, 0.3) is 0 Å². The highest BCUT2D eigenvalue weighted by atomic mass is 79.9. The molecule has 0 radical (unpaired) electrons. The number of fused-ring (bicyclic) bond motifs is 7. The van der Waals surface area contributed by atoms with Crippen molar-refractivity contribution in [1.82, 2.24) is 0 Å². The monoisotopic (exact) mass is 492 g/mol. The standard InChI is InChI=1S/C27H41BrO3/c1-15-5-10-27(30-14-15)16(2)24-23(31-27)13-20-18-12-22(29)21-11-17(28)6-8-25(21,3)19(18)7-9-26(20,24)4/h15-21,23-24H,5-14H2,1-4H3/t15-,16+,17+,18-,19+,20+,21-,23+,24+,25-,26+,27-/m1/s1. The zero-order chi connectivity index (χ0) is 21.8. The summed E-state index contributed by atoms with van der Waals surface area (Å²) >= 11 is 3.84. The zero-order valence-corrected chi connectivity index (χ0v) is 21.5. The maximum absolute atomic E-state index is 13.4. The molecule has 2 saturated heterocycles. The van der Waals surface area contributed by atoms with Crippen LogP contribution in [0.5, 0.6) is 0 Å². The molecule has 6 fully saturated rings.